The van der Waals surface area contributed by atoms with Crippen molar-refractivity contribution in [3.63, 3.8) is 0 Å². The molecule has 1 aliphatic rings. The predicted molar refractivity (Wildman–Crippen MR) is 111 cm³/mol. The van der Waals surface area contributed by atoms with Crippen LogP contribution in [0.2, 0.25) is 0 Å². The molecule has 0 saturated carbocycles. The summed E-state index contributed by atoms with van der Waals surface area (Å²) >= 11 is 1.44. The van der Waals surface area contributed by atoms with Gasteiger partial charge in [-0.15, -0.1) is 11.3 Å². The average molecular weight is 396 g/mol. The monoisotopic (exact) mass is 395 g/mol. The Labute approximate surface area is 168 Å². The van der Waals surface area contributed by atoms with E-state index in [1.165, 1.54) is 29.2 Å². The van der Waals surface area contributed by atoms with Crippen molar-refractivity contribution in [2.24, 2.45) is 0 Å². The first kappa shape index (κ1) is 18.6. The quantitative estimate of drug-likeness (QED) is 0.664. The van der Waals surface area contributed by atoms with E-state index in [0.29, 0.717) is 24.4 Å². The predicted octanol–water partition coefficient (Wildman–Crippen LogP) is 4.27. The fourth-order valence-corrected chi connectivity index (χ4v) is 4.58. The van der Waals surface area contributed by atoms with Gasteiger partial charge in [0.1, 0.15) is 10.7 Å². The molecule has 1 amide bonds. The molecular formula is C22H22FN3OS. The molecule has 1 aliphatic heterocycles. The smallest absolute Gasteiger partial charge is 0.266 e. The van der Waals surface area contributed by atoms with Crippen LogP contribution in [0.5, 0.6) is 0 Å². The van der Waals surface area contributed by atoms with Crippen molar-refractivity contribution in [2.45, 2.75) is 19.9 Å². The van der Waals surface area contributed by atoms with Crippen molar-refractivity contribution in [1.82, 2.24) is 9.88 Å². The first-order valence-electron chi connectivity index (χ1n) is 9.30. The number of fused-ring (bicyclic) bond motifs is 1. The van der Waals surface area contributed by atoms with Crippen molar-refractivity contribution < 1.29 is 9.18 Å². The molecule has 2 heterocycles. The van der Waals surface area contributed by atoms with E-state index in [1.807, 2.05) is 24.0 Å². The van der Waals surface area contributed by atoms with Crippen LogP contribution in [-0.4, -0.2) is 35.9 Å². The van der Waals surface area contributed by atoms with Crippen molar-refractivity contribution in [3.05, 3.63) is 81.1 Å². The number of carbonyl (C=O) groups excluding carboxylic acids is 1. The number of carbonyl (C=O) groups is 1. The zero-order valence-electron chi connectivity index (χ0n) is 16.0. The molecule has 0 unspecified atom stereocenters. The van der Waals surface area contributed by atoms with E-state index in [9.17, 15) is 9.18 Å². The first-order chi connectivity index (χ1) is 13.5. The van der Waals surface area contributed by atoms with E-state index in [-0.39, 0.29) is 11.7 Å². The van der Waals surface area contributed by atoms with Gasteiger partial charge in [-0.3, -0.25) is 4.79 Å². The molecule has 0 aliphatic carbocycles. The highest BCUT2D eigenvalue weighted by molar-refractivity contribution is 7.13. The van der Waals surface area contributed by atoms with Crippen LogP contribution >= 0.6 is 11.3 Å². The van der Waals surface area contributed by atoms with Crippen LogP contribution in [0.15, 0.2) is 48.5 Å². The third-order valence-electron chi connectivity index (χ3n) is 5.06. The van der Waals surface area contributed by atoms with Crippen LogP contribution in [0.4, 0.5) is 10.1 Å². The Morgan fingerprint density at radius 2 is 1.89 bits per heavy atom. The Hall–Kier alpha value is -2.73. The fourth-order valence-electron chi connectivity index (χ4n) is 3.51. The normalized spacial score (nSPS) is 14.0. The number of likely N-dealkylation sites (N-methyl/N-ethyl adjacent to an activating group) is 1. The van der Waals surface area contributed by atoms with Gasteiger partial charge in [-0.05, 0) is 36.2 Å². The second kappa shape index (κ2) is 7.72. The van der Waals surface area contributed by atoms with Gasteiger partial charge in [0.25, 0.3) is 5.91 Å². The van der Waals surface area contributed by atoms with Crippen LogP contribution in [-0.2, 0) is 13.0 Å². The van der Waals surface area contributed by atoms with E-state index in [0.717, 1.165) is 28.4 Å². The highest BCUT2D eigenvalue weighted by atomic mass is 32.1. The van der Waals surface area contributed by atoms with Crippen molar-refractivity contribution in [3.8, 4) is 0 Å². The molecule has 3 aromatic rings. The van der Waals surface area contributed by atoms with Gasteiger partial charge in [0, 0.05) is 38.8 Å². The Morgan fingerprint density at radius 3 is 2.68 bits per heavy atom. The average Bonchev–Trinajstić information content (AvgIpc) is 2.97. The Balaban J connectivity index is 1.55. The highest BCUT2D eigenvalue weighted by Gasteiger charge is 2.25. The third kappa shape index (κ3) is 3.78. The van der Waals surface area contributed by atoms with Gasteiger partial charge in [-0.25, -0.2) is 9.37 Å². The molecule has 0 radical (unpaired) electrons. The summed E-state index contributed by atoms with van der Waals surface area (Å²) in [5, 5.41) is 0.875. The van der Waals surface area contributed by atoms with Gasteiger partial charge in [0.15, 0.2) is 0 Å². The molecular weight excluding hydrogens is 373 g/mol. The molecule has 0 spiro atoms. The molecule has 2 aromatic carbocycles. The fraction of sp³-hybridized carbons (Fsp3) is 0.273. The third-order valence-corrected chi connectivity index (χ3v) is 6.21. The number of benzene rings is 2. The van der Waals surface area contributed by atoms with E-state index >= 15 is 0 Å². The lowest BCUT2D eigenvalue weighted by molar-refractivity contribution is 0.0755. The first-order valence-corrected chi connectivity index (χ1v) is 10.1. The van der Waals surface area contributed by atoms with Crippen LogP contribution in [0, 0.1) is 12.7 Å². The van der Waals surface area contributed by atoms with Gasteiger partial charge in [0.2, 0.25) is 0 Å². The van der Waals surface area contributed by atoms with Gasteiger partial charge >= 0.3 is 0 Å². The lowest BCUT2D eigenvalue weighted by Gasteiger charge is -2.20. The summed E-state index contributed by atoms with van der Waals surface area (Å²) < 4.78 is 13.1. The van der Waals surface area contributed by atoms with Crippen LogP contribution < -0.4 is 4.90 Å². The number of nitrogens with zero attached hydrogens (tertiary/aromatic N) is 3. The van der Waals surface area contributed by atoms with Crippen molar-refractivity contribution in [2.75, 3.05) is 25.0 Å². The number of thiazole rings is 1. The maximum atomic E-state index is 13.2. The molecule has 6 heteroatoms. The minimum absolute atomic E-state index is 0.0328. The van der Waals surface area contributed by atoms with E-state index in [1.54, 1.807) is 12.1 Å². The topological polar surface area (TPSA) is 36.4 Å². The zero-order chi connectivity index (χ0) is 19.7. The summed E-state index contributed by atoms with van der Waals surface area (Å²) in [6, 6.07) is 14.6. The minimum atomic E-state index is -0.249. The lowest BCUT2D eigenvalue weighted by atomic mass is 10.1. The number of para-hydroxylation sites is 1. The molecule has 1 aromatic heterocycles. The second-order valence-electron chi connectivity index (χ2n) is 7.10. The Morgan fingerprint density at radius 1 is 1.14 bits per heavy atom. The SMILES string of the molecule is Cc1nc(Cc2ccc(F)cc2)sc1C(=O)N1CCN(C)c2ccccc2C1. The standard InChI is InChI=1S/C22H22FN3OS/c1-15-21(28-20(24-15)13-16-7-9-18(23)10-8-16)22(27)26-12-11-25(2)19-6-4-3-5-17(19)14-26/h3-10H,11-14H2,1-2H3. The zero-order valence-corrected chi connectivity index (χ0v) is 16.8. The molecule has 4 nitrogen and oxygen atoms in total. The number of anilines is 1. The van der Waals surface area contributed by atoms with Gasteiger partial charge in [-0.2, -0.15) is 0 Å². The summed E-state index contributed by atoms with van der Waals surface area (Å²) in [6.45, 7) is 3.96. The number of hydrogen-bond donors (Lipinski definition) is 0. The molecule has 4 rings (SSSR count). The van der Waals surface area contributed by atoms with E-state index in [4.69, 9.17) is 0 Å². The Kier molecular flexibility index (Phi) is 5.13. The van der Waals surface area contributed by atoms with Crippen molar-refractivity contribution in [1.29, 1.82) is 0 Å². The molecule has 0 fully saturated rings. The molecule has 0 atom stereocenters. The maximum Gasteiger partial charge on any atom is 0.266 e. The molecule has 0 N–H and O–H groups in total. The molecule has 0 saturated heterocycles. The van der Waals surface area contributed by atoms with Gasteiger partial charge < -0.3 is 9.80 Å². The number of hydrogen-bond acceptors (Lipinski definition) is 4. The second-order valence-corrected chi connectivity index (χ2v) is 8.19. The molecule has 0 bridgehead atoms. The lowest BCUT2D eigenvalue weighted by Crippen LogP contribution is -2.34. The summed E-state index contributed by atoms with van der Waals surface area (Å²) in [6.07, 6.45) is 0.602. The summed E-state index contributed by atoms with van der Waals surface area (Å²) in [5.74, 6) is -0.216. The number of rotatable bonds is 3. The number of halogens is 1. The molecule has 28 heavy (non-hydrogen) atoms. The largest absolute Gasteiger partial charge is 0.373 e. The summed E-state index contributed by atoms with van der Waals surface area (Å²) in [4.78, 5) is 22.6. The van der Waals surface area contributed by atoms with Gasteiger partial charge in [-0.1, -0.05) is 30.3 Å². The highest BCUT2D eigenvalue weighted by Crippen LogP contribution is 2.27. The van der Waals surface area contributed by atoms with Crippen LogP contribution in [0.25, 0.3) is 0 Å². The van der Waals surface area contributed by atoms with Gasteiger partial charge in [0.05, 0.1) is 10.7 Å². The number of amides is 1. The van der Waals surface area contributed by atoms with E-state index < -0.39 is 0 Å². The molecule has 144 valence electrons. The summed E-state index contributed by atoms with van der Waals surface area (Å²) in [5.41, 5.74) is 4.08. The Bertz CT molecular complexity index is 999. The van der Waals surface area contributed by atoms with Crippen LogP contribution in [0.1, 0.15) is 31.5 Å². The number of aromatic nitrogens is 1. The summed E-state index contributed by atoms with van der Waals surface area (Å²) in [7, 11) is 2.06. The van der Waals surface area contributed by atoms with Crippen molar-refractivity contribution >= 4 is 22.9 Å². The van der Waals surface area contributed by atoms with E-state index in [2.05, 4.69) is 29.1 Å². The van der Waals surface area contributed by atoms with Crippen LogP contribution in [0.3, 0.4) is 0 Å². The maximum absolute atomic E-state index is 13.2. The minimum Gasteiger partial charge on any atom is -0.373 e. The number of aryl methyl sites for hydroxylation is 1.